The molecular formula is C31H45N3O6S2. The molecule has 42 heavy (non-hydrogen) atoms. The van der Waals surface area contributed by atoms with Crippen LogP contribution in [0.1, 0.15) is 57.7 Å². The Balaban J connectivity index is 2.31. The summed E-state index contributed by atoms with van der Waals surface area (Å²) in [6.45, 7) is 8.48. The van der Waals surface area contributed by atoms with Crippen LogP contribution in [0.5, 0.6) is 0 Å². The van der Waals surface area contributed by atoms with Crippen molar-refractivity contribution in [2.75, 3.05) is 26.9 Å². The van der Waals surface area contributed by atoms with Gasteiger partial charge in [0.2, 0.25) is 10.0 Å². The molecule has 1 aliphatic heterocycles. The van der Waals surface area contributed by atoms with Crippen molar-refractivity contribution in [1.82, 2.24) is 14.6 Å². The highest BCUT2D eigenvalue weighted by atomic mass is 32.2. The fourth-order valence-electron chi connectivity index (χ4n) is 4.16. The number of cyclic esters (lactones) is 2. The standard InChI is InChI=1S/C31H45N3O6S2/c1-22(16-17-34(5)6)14-15-24(3)19-27-20-29-32-26(21-41-29)11-9-12-28(33-42(7,37)38)31(36)39-25(4)18-23(2)10-8-13-30(35)40-27/h8,10,13-16,19,21,25,27-28,33H,9,11-12,17-18,20H2,1-7H3/b13-8-,15-14+,22-16+,23-10+,24-19+/t25-,27+,28+/m0/s1. The molecule has 1 aliphatic rings. The molecule has 2 bridgehead atoms. The Bertz CT molecular complexity index is 1320. The first-order valence-electron chi connectivity index (χ1n) is 14.0. The van der Waals surface area contributed by atoms with E-state index in [-0.39, 0.29) is 6.42 Å². The molecule has 0 radical (unpaired) electrons. The largest absolute Gasteiger partial charge is 0.461 e. The van der Waals surface area contributed by atoms with Crippen LogP contribution in [0.25, 0.3) is 0 Å². The molecule has 0 spiro atoms. The predicted molar refractivity (Wildman–Crippen MR) is 169 cm³/mol. The van der Waals surface area contributed by atoms with Crippen molar-refractivity contribution in [3.05, 3.63) is 75.3 Å². The first-order valence-corrected chi connectivity index (χ1v) is 16.8. The zero-order valence-corrected chi connectivity index (χ0v) is 27.4. The maximum atomic E-state index is 12.8. The number of fused-ring (bicyclic) bond motifs is 2. The van der Waals surface area contributed by atoms with Crippen LogP contribution in [-0.4, -0.2) is 75.4 Å². The van der Waals surface area contributed by atoms with Crippen molar-refractivity contribution in [3.63, 3.8) is 0 Å². The van der Waals surface area contributed by atoms with Crippen LogP contribution in [0.4, 0.5) is 0 Å². The van der Waals surface area contributed by atoms with Gasteiger partial charge < -0.3 is 14.4 Å². The maximum Gasteiger partial charge on any atom is 0.331 e. The lowest BCUT2D eigenvalue weighted by Gasteiger charge is -2.20. The van der Waals surface area contributed by atoms with E-state index in [4.69, 9.17) is 14.5 Å². The van der Waals surface area contributed by atoms with E-state index in [0.717, 1.165) is 40.2 Å². The summed E-state index contributed by atoms with van der Waals surface area (Å²) >= 11 is 1.48. The third-order valence-electron chi connectivity index (χ3n) is 6.19. The van der Waals surface area contributed by atoms with Gasteiger partial charge in [0.15, 0.2) is 0 Å². The molecule has 1 aromatic rings. The second-order valence-electron chi connectivity index (χ2n) is 11.0. The zero-order chi connectivity index (χ0) is 31.3. The SMILES string of the molecule is CC(/C=C/C(C)=C/[C@@H]1Cc2nc(cs2)CCC[C@@H](NS(C)(=O)=O)C(=O)O[C@@H](C)C/C(C)=C/C=C\C(=O)O1)=C\CN(C)C. The molecule has 2 rings (SSSR count). The lowest BCUT2D eigenvalue weighted by molar-refractivity contribution is -0.150. The minimum atomic E-state index is -3.61. The number of hydrogen-bond acceptors (Lipinski definition) is 9. The molecular weight excluding hydrogens is 574 g/mol. The van der Waals surface area contributed by atoms with E-state index in [9.17, 15) is 18.0 Å². The minimum absolute atomic E-state index is 0.278. The maximum absolute atomic E-state index is 12.8. The van der Waals surface area contributed by atoms with E-state index in [1.807, 2.05) is 58.5 Å². The van der Waals surface area contributed by atoms with Gasteiger partial charge in [0.1, 0.15) is 18.2 Å². The zero-order valence-electron chi connectivity index (χ0n) is 25.8. The summed E-state index contributed by atoms with van der Waals surface area (Å²) in [5.74, 6) is -1.08. The number of aromatic nitrogens is 1. The van der Waals surface area contributed by atoms with Gasteiger partial charge in [-0.15, -0.1) is 11.3 Å². The monoisotopic (exact) mass is 619 g/mol. The molecule has 0 saturated heterocycles. The number of carbonyl (C=O) groups is 2. The van der Waals surface area contributed by atoms with E-state index in [1.165, 1.54) is 17.4 Å². The first-order chi connectivity index (χ1) is 19.7. The van der Waals surface area contributed by atoms with Crippen molar-refractivity contribution < 1.29 is 27.5 Å². The highest BCUT2D eigenvalue weighted by molar-refractivity contribution is 7.88. The topological polar surface area (TPSA) is 115 Å². The Morgan fingerprint density at radius 2 is 1.88 bits per heavy atom. The van der Waals surface area contributed by atoms with Crippen LogP contribution in [0.3, 0.4) is 0 Å². The van der Waals surface area contributed by atoms with E-state index in [2.05, 4.69) is 15.7 Å². The van der Waals surface area contributed by atoms with Gasteiger partial charge in [0, 0.05) is 30.8 Å². The molecule has 0 saturated carbocycles. The minimum Gasteiger partial charge on any atom is -0.461 e. The molecule has 0 aromatic carbocycles. The number of nitrogens with one attached hydrogen (secondary N) is 1. The number of rotatable bonds is 7. The summed E-state index contributed by atoms with van der Waals surface area (Å²) in [7, 11) is 0.427. The quantitative estimate of drug-likeness (QED) is 0.346. The lowest BCUT2D eigenvalue weighted by Crippen LogP contribution is -2.42. The highest BCUT2D eigenvalue weighted by Gasteiger charge is 2.25. The Hall–Kier alpha value is -2.86. The van der Waals surface area contributed by atoms with Crippen LogP contribution in [-0.2, 0) is 41.9 Å². The second kappa shape index (κ2) is 17.3. The Kier molecular flexibility index (Phi) is 14.6. The molecule has 0 unspecified atom stereocenters. The number of carbonyl (C=O) groups excluding carboxylic acids is 2. The van der Waals surface area contributed by atoms with Gasteiger partial charge in [-0.05, 0) is 67.1 Å². The molecule has 1 aromatic heterocycles. The normalized spacial score (nSPS) is 24.8. The number of hydrogen-bond donors (Lipinski definition) is 1. The summed E-state index contributed by atoms with van der Waals surface area (Å²) in [5.41, 5.74) is 3.82. The van der Waals surface area contributed by atoms with Crippen LogP contribution < -0.4 is 4.72 Å². The highest BCUT2D eigenvalue weighted by Crippen LogP contribution is 2.19. The van der Waals surface area contributed by atoms with Crippen molar-refractivity contribution >= 4 is 33.3 Å². The van der Waals surface area contributed by atoms with Gasteiger partial charge in [0.25, 0.3) is 0 Å². The summed E-state index contributed by atoms with van der Waals surface area (Å²) in [6.07, 6.45) is 15.1. The van der Waals surface area contributed by atoms with E-state index < -0.39 is 40.2 Å². The molecule has 232 valence electrons. The molecule has 11 heteroatoms. The van der Waals surface area contributed by atoms with Gasteiger partial charge >= 0.3 is 11.9 Å². The Morgan fingerprint density at radius 1 is 1.17 bits per heavy atom. The number of sulfonamides is 1. The Labute approximate surface area is 255 Å². The number of nitrogens with zero attached hydrogens (tertiary/aromatic N) is 2. The summed E-state index contributed by atoms with van der Waals surface area (Å²) in [6, 6.07) is -0.982. The predicted octanol–water partition coefficient (Wildman–Crippen LogP) is 4.69. The van der Waals surface area contributed by atoms with E-state index in [0.29, 0.717) is 25.7 Å². The van der Waals surface area contributed by atoms with Crippen molar-refractivity contribution in [2.24, 2.45) is 0 Å². The van der Waals surface area contributed by atoms with Crippen molar-refractivity contribution in [3.8, 4) is 0 Å². The average molecular weight is 620 g/mol. The van der Waals surface area contributed by atoms with Crippen molar-refractivity contribution in [2.45, 2.75) is 78.0 Å². The smallest absolute Gasteiger partial charge is 0.331 e. The van der Waals surface area contributed by atoms with Crippen LogP contribution in [0.2, 0.25) is 0 Å². The third-order valence-corrected chi connectivity index (χ3v) is 7.82. The van der Waals surface area contributed by atoms with Crippen LogP contribution >= 0.6 is 11.3 Å². The fourth-order valence-corrected chi connectivity index (χ4v) is 5.77. The third kappa shape index (κ3) is 14.9. The summed E-state index contributed by atoms with van der Waals surface area (Å²) in [4.78, 5) is 32.3. The van der Waals surface area contributed by atoms with E-state index >= 15 is 0 Å². The van der Waals surface area contributed by atoms with Gasteiger partial charge in [-0.1, -0.05) is 47.1 Å². The summed E-state index contributed by atoms with van der Waals surface area (Å²) in [5, 5.41) is 2.75. The van der Waals surface area contributed by atoms with Gasteiger partial charge in [-0.3, -0.25) is 4.79 Å². The number of thiazole rings is 1. The molecule has 1 N–H and O–H groups in total. The lowest BCUT2D eigenvalue weighted by atomic mass is 10.1. The fraction of sp³-hybridized carbons (Fsp3) is 0.516. The van der Waals surface area contributed by atoms with Gasteiger partial charge in [0.05, 0.1) is 17.0 Å². The summed E-state index contributed by atoms with van der Waals surface area (Å²) < 4.78 is 37.6. The van der Waals surface area contributed by atoms with Crippen molar-refractivity contribution in [1.29, 1.82) is 0 Å². The van der Waals surface area contributed by atoms with E-state index in [1.54, 1.807) is 19.1 Å². The molecule has 0 amide bonds. The average Bonchev–Trinajstić information content (AvgIpc) is 3.31. The van der Waals surface area contributed by atoms with Gasteiger partial charge in [-0.25, -0.2) is 22.9 Å². The van der Waals surface area contributed by atoms with Crippen LogP contribution in [0, 0.1) is 0 Å². The van der Waals surface area contributed by atoms with Crippen LogP contribution in [0.15, 0.2) is 64.6 Å². The second-order valence-corrected chi connectivity index (χ2v) is 13.7. The first kappa shape index (κ1) is 35.3. The molecule has 0 fully saturated rings. The molecule has 9 nitrogen and oxygen atoms in total. The number of esters is 2. The molecule has 0 aliphatic carbocycles. The number of likely N-dealkylation sites (N-methyl/N-ethyl adjacent to an activating group) is 1. The molecule has 2 heterocycles. The number of aryl methyl sites for hydroxylation is 1. The number of ether oxygens (including phenoxy) is 2. The number of allylic oxidation sites excluding steroid dienone is 6. The molecule has 3 atom stereocenters. The Morgan fingerprint density at radius 3 is 2.57 bits per heavy atom. The van der Waals surface area contributed by atoms with Gasteiger partial charge in [-0.2, -0.15) is 0 Å².